The van der Waals surface area contributed by atoms with Crippen molar-refractivity contribution in [2.75, 3.05) is 13.1 Å². The molecule has 0 aromatic heterocycles. The van der Waals surface area contributed by atoms with E-state index in [4.69, 9.17) is 11.6 Å². The molecule has 0 aromatic rings. The van der Waals surface area contributed by atoms with Gasteiger partial charge in [-0.15, -0.1) is 11.6 Å². The summed E-state index contributed by atoms with van der Waals surface area (Å²) in [7, 11) is 0. The molecule has 0 aromatic carbocycles. The molecule has 1 amide bonds. The lowest BCUT2D eigenvalue weighted by Gasteiger charge is -2.61. The third-order valence-electron chi connectivity index (χ3n) is 6.96. The molecule has 21 heavy (non-hydrogen) atoms. The van der Waals surface area contributed by atoms with Gasteiger partial charge in [0.25, 0.3) is 0 Å². The predicted octanol–water partition coefficient (Wildman–Crippen LogP) is 4.07. The average Bonchev–Trinajstić information content (AvgIpc) is 2.38. The van der Waals surface area contributed by atoms with Gasteiger partial charge in [-0.2, -0.15) is 0 Å². The Hall–Kier alpha value is -0.240. The smallest absolute Gasteiger partial charge is 0.228 e. The van der Waals surface area contributed by atoms with Gasteiger partial charge in [0.1, 0.15) is 0 Å². The van der Waals surface area contributed by atoms with E-state index in [1.54, 1.807) is 0 Å². The van der Waals surface area contributed by atoms with Crippen molar-refractivity contribution in [3.05, 3.63) is 0 Å². The maximum absolute atomic E-state index is 13.3. The number of alkyl halides is 1. The molecule has 4 unspecified atom stereocenters. The molecule has 4 bridgehead atoms. The predicted molar refractivity (Wildman–Crippen MR) is 85.2 cm³/mol. The highest BCUT2D eigenvalue weighted by Crippen LogP contribution is 2.65. The Morgan fingerprint density at radius 3 is 2.43 bits per heavy atom. The maximum atomic E-state index is 13.3. The third kappa shape index (κ3) is 2.24. The lowest BCUT2D eigenvalue weighted by atomic mass is 9.44. The molecule has 2 nitrogen and oxygen atoms in total. The van der Waals surface area contributed by atoms with E-state index in [9.17, 15) is 4.79 Å². The summed E-state index contributed by atoms with van der Waals surface area (Å²) in [6.07, 6.45) is 8.67. The molecule has 3 heteroatoms. The number of likely N-dealkylation sites (tertiary alicyclic amines) is 1. The average molecular weight is 310 g/mol. The molecule has 118 valence electrons. The lowest BCUT2D eigenvalue weighted by molar-refractivity contribution is -0.167. The highest BCUT2D eigenvalue weighted by Gasteiger charge is 2.59. The molecule has 4 aliphatic carbocycles. The quantitative estimate of drug-likeness (QED) is 0.669. The molecule has 1 saturated heterocycles. The Balaban J connectivity index is 1.57. The standard InChI is InChI=1S/C18H28ClNO/c1-12-3-4-20(10-15(12)19)16(21)18-8-13-5-14(9-18)7-17(2,6-13)11-18/h12-15H,3-11H2,1-2H3. The molecular weight excluding hydrogens is 282 g/mol. The van der Waals surface area contributed by atoms with E-state index in [0.29, 0.717) is 17.2 Å². The SMILES string of the molecule is CC1CCN(C(=O)C23CC4CC(CC(C)(C4)C2)C3)CC1Cl. The summed E-state index contributed by atoms with van der Waals surface area (Å²) in [6.45, 7) is 6.35. The summed E-state index contributed by atoms with van der Waals surface area (Å²) in [4.78, 5) is 15.4. The van der Waals surface area contributed by atoms with Gasteiger partial charge in [0.15, 0.2) is 0 Å². The first-order valence-electron chi connectivity index (χ1n) is 8.83. The van der Waals surface area contributed by atoms with Crippen LogP contribution in [0.3, 0.4) is 0 Å². The van der Waals surface area contributed by atoms with Crippen molar-refractivity contribution in [1.82, 2.24) is 4.90 Å². The minimum Gasteiger partial charge on any atom is -0.341 e. The van der Waals surface area contributed by atoms with Gasteiger partial charge >= 0.3 is 0 Å². The molecule has 0 N–H and O–H groups in total. The first-order chi connectivity index (χ1) is 9.89. The van der Waals surface area contributed by atoms with Gasteiger partial charge in [-0.3, -0.25) is 4.79 Å². The van der Waals surface area contributed by atoms with Crippen LogP contribution in [0.25, 0.3) is 0 Å². The molecule has 1 heterocycles. The zero-order chi connectivity index (χ0) is 14.8. The molecule has 5 rings (SSSR count). The first kappa shape index (κ1) is 14.4. The highest BCUT2D eigenvalue weighted by atomic mass is 35.5. The molecule has 5 fully saturated rings. The van der Waals surface area contributed by atoms with Gasteiger partial charge in [-0.05, 0) is 68.1 Å². The normalized spacial score (nSPS) is 52.2. The lowest BCUT2D eigenvalue weighted by Crippen LogP contribution is -2.59. The van der Waals surface area contributed by atoms with Crippen LogP contribution in [0.5, 0.6) is 0 Å². The van der Waals surface area contributed by atoms with Crippen LogP contribution in [-0.2, 0) is 4.79 Å². The second-order valence-corrected chi connectivity index (χ2v) is 9.65. The van der Waals surface area contributed by atoms with E-state index in [0.717, 1.165) is 50.6 Å². The van der Waals surface area contributed by atoms with Crippen molar-refractivity contribution in [1.29, 1.82) is 0 Å². The fourth-order valence-electron chi connectivity index (χ4n) is 6.51. The highest BCUT2D eigenvalue weighted by molar-refractivity contribution is 6.21. The van der Waals surface area contributed by atoms with Crippen LogP contribution in [0, 0.1) is 28.6 Å². The van der Waals surface area contributed by atoms with Crippen molar-refractivity contribution >= 4 is 17.5 Å². The first-order valence-corrected chi connectivity index (χ1v) is 9.26. The Bertz CT molecular complexity index is 448. The van der Waals surface area contributed by atoms with Crippen LogP contribution >= 0.6 is 11.6 Å². The van der Waals surface area contributed by atoms with Crippen LogP contribution in [0.1, 0.15) is 58.8 Å². The zero-order valence-corrected chi connectivity index (χ0v) is 14.2. The number of rotatable bonds is 1. The van der Waals surface area contributed by atoms with Crippen LogP contribution in [0.4, 0.5) is 0 Å². The number of piperidine rings is 1. The monoisotopic (exact) mass is 309 g/mol. The largest absolute Gasteiger partial charge is 0.341 e. The molecule has 5 aliphatic rings. The number of carbonyl (C=O) groups excluding carboxylic acids is 1. The Labute approximate surface area is 133 Å². The minimum absolute atomic E-state index is 0.0178. The van der Waals surface area contributed by atoms with Crippen molar-refractivity contribution in [2.24, 2.45) is 28.6 Å². The van der Waals surface area contributed by atoms with Crippen molar-refractivity contribution in [2.45, 2.75) is 64.2 Å². The van der Waals surface area contributed by atoms with Gasteiger partial charge in [0, 0.05) is 13.1 Å². The molecular formula is C18H28ClNO. The van der Waals surface area contributed by atoms with Crippen molar-refractivity contribution in [3.8, 4) is 0 Å². The summed E-state index contributed by atoms with van der Waals surface area (Å²) in [5.74, 6) is 2.64. The second-order valence-electron chi connectivity index (χ2n) is 9.09. The van der Waals surface area contributed by atoms with E-state index in [2.05, 4.69) is 18.7 Å². The van der Waals surface area contributed by atoms with Crippen molar-refractivity contribution in [3.63, 3.8) is 0 Å². The van der Waals surface area contributed by atoms with E-state index in [1.165, 1.54) is 19.3 Å². The zero-order valence-electron chi connectivity index (χ0n) is 13.4. The summed E-state index contributed by atoms with van der Waals surface area (Å²) >= 11 is 6.45. The molecule has 0 radical (unpaired) electrons. The second kappa shape index (κ2) is 4.63. The van der Waals surface area contributed by atoms with Gasteiger partial charge < -0.3 is 4.90 Å². The van der Waals surface area contributed by atoms with Crippen LogP contribution in [-0.4, -0.2) is 29.3 Å². The number of hydrogen-bond acceptors (Lipinski definition) is 1. The molecule has 4 atom stereocenters. The van der Waals surface area contributed by atoms with Crippen LogP contribution in [0.15, 0.2) is 0 Å². The Morgan fingerprint density at radius 2 is 1.86 bits per heavy atom. The van der Waals surface area contributed by atoms with Gasteiger partial charge in [-0.25, -0.2) is 0 Å². The summed E-state index contributed by atoms with van der Waals surface area (Å²) in [5, 5.41) is 0.146. The van der Waals surface area contributed by atoms with E-state index in [1.807, 2.05) is 0 Å². The summed E-state index contributed by atoms with van der Waals surface area (Å²) in [6, 6.07) is 0. The van der Waals surface area contributed by atoms with Gasteiger partial charge in [0.05, 0.1) is 10.8 Å². The molecule has 0 spiro atoms. The maximum Gasteiger partial charge on any atom is 0.228 e. The fraction of sp³-hybridized carbons (Fsp3) is 0.944. The van der Waals surface area contributed by atoms with E-state index in [-0.39, 0.29) is 10.8 Å². The summed E-state index contributed by atoms with van der Waals surface area (Å²) < 4.78 is 0. The number of halogens is 1. The molecule has 1 aliphatic heterocycles. The van der Waals surface area contributed by atoms with Crippen LogP contribution < -0.4 is 0 Å². The third-order valence-corrected chi connectivity index (χ3v) is 7.53. The number of nitrogens with zero attached hydrogens (tertiary/aromatic N) is 1. The van der Waals surface area contributed by atoms with E-state index < -0.39 is 0 Å². The molecule has 4 saturated carbocycles. The van der Waals surface area contributed by atoms with Gasteiger partial charge in [0.2, 0.25) is 5.91 Å². The number of carbonyl (C=O) groups is 1. The van der Waals surface area contributed by atoms with Crippen molar-refractivity contribution < 1.29 is 4.79 Å². The van der Waals surface area contributed by atoms with Gasteiger partial charge in [-0.1, -0.05) is 13.8 Å². The summed E-state index contributed by atoms with van der Waals surface area (Å²) in [5.41, 5.74) is 0.430. The minimum atomic E-state index is -0.0178. The topological polar surface area (TPSA) is 20.3 Å². The Morgan fingerprint density at radius 1 is 1.19 bits per heavy atom. The fourth-order valence-corrected chi connectivity index (χ4v) is 6.81. The van der Waals surface area contributed by atoms with Crippen LogP contribution in [0.2, 0.25) is 0 Å². The van der Waals surface area contributed by atoms with E-state index >= 15 is 0 Å². The number of amides is 1. The number of hydrogen-bond donors (Lipinski definition) is 0. The Kier molecular flexibility index (Phi) is 3.17.